The number of hydrogen-bond donors (Lipinski definition) is 1. The van der Waals surface area contributed by atoms with Crippen molar-refractivity contribution in [3.8, 4) is 29.1 Å². The molecule has 0 spiro atoms. The molecule has 0 aromatic heterocycles. The van der Waals surface area contributed by atoms with Gasteiger partial charge in [0.2, 0.25) is 5.88 Å². The van der Waals surface area contributed by atoms with E-state index >= 15 is 0 Å². The van der Waals surface area contributed by atoms with Crippen molar-refractivity contribution in [3.05, 3.63) is 99.4 Å². The zero-order chi connectivity index (χ0) is 25.7. The average molecular weight is 487 g/mol. The molecule has 3 aromatic rings. The summed E-state index contributed by atoms with van der Waals surface area (Å²) in [5, 5.41) is 20.8. The maximum absolute atomic E-state index is 12.3. The Kier molecular flexibility index (Phi) is 7.02. The molecular weight excluding hydrogens is 466 g/mol. The number of hydrogen-bond acceptors (Lipinski definition) is 9. The Labute approximate surface area is 206 Å². The van der Waals surface area contributed by atoms with E-state index in [2.05, 4.69) is 6.07 Å². The summed E-state index contributed by atoms with van der Waals surface area (Å²) in [5.41, 5.74) is 7.51. The van der Waals surface area contributed by atoms with Gasteiger partial charge in [-0.25, -0.2) is 4.79 Å². The molecule has 0 saturated heterocycles. The standard InChI is InChI=1S/C26H21N3O7/c1-2-33-17-9-7-16(8-10-17)25-19-12-11-18(13-23(19)36-26(28)20(25)14-27)35-24(30)15-34-22-6-4-3-5-21(22)29(31)32/h3-13,25H,2,15,28H2,1H3. The highest BCUT2D eigenvalue weighted by Crippen LogP contribution is 2.43. The van der Waals surface area contributed by atoms with Crippen molar-refractivity contribution in [3.63, 3.8) is 0 Å². The van der Waals surface area contributed by atoms with Crippen molar-refractivity contribution in [1.82, 2.24) is 0 Å². The van der Waals surface area contributed by atoms with Crippen LogP contribution < -0.4 is 24.7 Å². The van der Waals surface area contributed by atoms with Crippen LogP contribution in [0.3, 0.4) is 0 Å². The van der Waals surface area contributed by atoms with Crippen LogP contribution in [-0.4, -0.2) is 24.1 Å². The molecule has 0 radical (unpaired) electrons. The van der Waals surface area contributed by atoms with Gasteiger partial charge in [0.15, 0.2) is 12.4 Å². The monoisotopic (exact) mass is 487 g/mol. The number of nitro groups is 1. The third-order valence-electron chi connectivity index (χ3n) is 5.35. The van der Waals surface area contributed by atoms with Gasteiger partial charge < -0.3 is 24.7 Å². The normalized spacial score (nSPS) is 14.2. The van der Waals surface area contributed by atoms with Gasteiger partial charge in [-0.05, 0) is 36.8 Å². The molecule has 10 heteroatoms. The molecule has 1 atom stereocenters. The largest absolute Gasteiger partial charge is 0.494 e. The molecule has 0 fully saturated rings. The van der Waals surface area contributed by atoms with Gasteiger partial charge in [0.1, 0.15) is 28.9 Å². The second-order valence-electron chi connectivity index (χ2n) is 7.61. The minimum Gasteiger partial charge on any atom is -0.494 e. The van der Waals surface area contributed by atoms with Gasteiger partial charge in [-0.3, -0.25) is 10.1 Å². The SMILES string of the molecule is CCOc1ccc(C2C(C#N)=C(N)Oc3cc(OC(=O)COc4ccccc4[N+](=O)[O-])ccc32)cc1. The molecule has 0 bridgehead atoms. The third-order valence-corrected chi connectivity index (χ3v) is 5.35. The lowest BCUT2D eigenvalue weighted by atomic mass is 9.83. The summed E-state index contributed by atoms with van der Waals surface area (Å²) in [6.45, 7) is 1.88. The van der Waals surface area contributed by atoms with E-state index in [1.165, 1.54) is 24.3 Å². The van der Waals surface area contributed by atoms with Gasteiger partial charge in [-0.2, -0.15) is 5.26 Å². The van der Waals surface area contributed by atoms with Gasteiger partial charge >= 0.3 is 11.7 Å². The number of ether oxygens (including phenoxy) is 4. The van der Waals surface area contributed by atoms with Gasteiger partial charge in [0.05, 0.1) is 17.4 Å². The number of carbonyl (C=O) groups excluding carboxylic acids is 1. The van der Waals surface area contributed by atoms with E-state index in [-0.39, 0.29) is 28.6 Å². The summed E-state index contributed by atoms with van der Waals surface area (Å²) in [6.07, 6.45) is 0. The van der Waals surface area contributed by atoms with Crippen LogP contribution in [0.4, 0.5) is 5.69 Å². The summed E-state index contributed by atoms with van der Waals surface area (Å²) in [7, 11) is 0. The van der Waals surface area contributed by atoms with Crippen molar-refractivity contribution in [1.29, 1.82) is 5.26 Å². The number of carbonyl (C=O) groups is 1. The van der Waals surface area contributed by atoms with Gasteiger partial charge in [-0.15, -0.1) is 0 Å². The highest BCUT2D eigenvalue weighted by atomic mass is 16.6. The zero-order valence-corrected chi connectivity index (χ0v) is 19.2. The summed E-state index contributed by atoms with van der Waals surface area (Å²) >= 11 is 0. The van der Waals surface area contributed by atoms with Crippen molar-refractivity contribution >= 4 is 11.7 Å². The lowest BCUT2D eigenvalue weighted by Gasteiger charge is -2.26. The third kappa shape index (κ3) is 5.05. The van der Waals surface area contributed by atoms with Crippen LogP contribution in [0.5, 0.6) is 23.0 Å². The Morgan fingerprint density at radius 1 is 1.11 bits per heavy atom. The zero-order valence-electron chi connectivity index (χ0n) is 19.2. The highest BCUT2D eigenvalue weighted by Gasteiger charge is 2.31. The molecule has 0 amide bonds. The smallest absolute Gasteiger partial charge is 0.349 e. The van der Waals surface area contributed by atoms with Crippen molar-refractivity contribution < 1.29 is 28.7 Å². The van der Waals surface area contributed by atoms with Crippen LogP contribution in [0.15, 0.2) is 78.2 Å². The fourth-order valence-corrected chi connectivity index (χ4v) is 3.79. The van der Waals surface area contributed by atoms with Crippen LogP contribution >= 0.6 is 0 Å². The summed E-state index contributed by atoms with van der Waals surface area (Å²) in [6, 6.07) is 19.9. The van der Waals surface area contributed by atoms with Crippen molar-refractivity contribution in [2.45, 2.75) is 12.8 Å². The van der Waals surface area contributed by atoms with Crippen LogP contribution in [0.2, 0.25) is 0 Å². The fourth-order valence-electron chi connectivity index (χ4n) is 3.79. The van der Waals surface area contributed by atoms with Crippen LogP contribution in [-0.2, 0) is 4.79 Å². The summed E-state index contributed by atoms with van der Waals surface area (Å²) in [4.78, 5) is 22.8. The first-order valence-corrected chi connectivity index (χ1v) is 10.9. The minimum atomic E-state index is -0.770. The number of rotatable bonds is 8. The van der Waals surface area contributed by atoms with E-state index < -0.39 is 23.4 Å². The topological polar surface area (TPSA) is 147 Å². The number of fused-ring (bicyclic) bond motifs is 1. The summed E-state index contributed by atoms with van der Waals surface area (Å²) < 4.78 is 21.7. The Bertz CT molecular complexity index is 1380. The Morgan fingerprint density at radius 2 is 1.83 bits per heavy atom. The van der Waals surface area contributed by atoms with Crippen LogP contribution in [0, 0.1) is 21.4 Å². The van der Waals surface area contributed by atoms with Crippen LogP contribution in [0.25, 0.3) is 0 Å². The van der Waals surface area contributed by atoms with E-state index in [1.54, 1.807) is 18.2 Å². The second kappa shape index (κ2) is 10.5. The Morgan fingerprint density at radius 3 is 2.53 bits per heavy atom. The van der Waals surface area contributed by atoms with E-state index in [0.717, 1.165) is 5.56 Å². The molecule has 4 rings (SSSR count). The quantitative estimate of drug-likeness (QED) is 0.214. The Hall–Kier alpha value is -5.04. The number of nitriles is 1. The van der Waals surface area contributed by atoms with Gasteiger partial charge in [0, 0.05) is 17.7 Å². The Balaban J connectivity index is 1.53. The number of esters is 1. The number of para-hydroxylation sites is 2. The van der Waals surface area contributed by atoms with E-state index in [9.17, 15) is 20.2 Å². The van der Waals surface area contributed by atoms with Crippen molar-refractivity contribution in [2.24, 2.45) is 5.73 Å². The maximum Gasteiger partial charge on any atom is 0.349 e. The first kappa shape index (κ1) is 24.1. The number of nitro benzene ring substituents is 1. The van der Waals surface area contributed by atoms with E-state index in [0.29, 0.717) is 23.7 Å². The van der Waals surface area contributed by atoms with Crippen LogP contribution in [0.1, 0.15) is 24.0 Å². The van der Waals surface area contributed by atoms with E-state index in [4.69, 9.17) is 24.7 Å². The molecule has 2 N–H and O–H groups in total. The minimum absolute atomic E-state index is 0.0478. The number of nitrogens with zero attached hydrogens (tertiary/aromatic N) is 2. The number of nitrogens with two attached hydrogens (primary N) is 1. The molecule has 0 saturated carbocycles. The fraction of sp³-hybridized carbons (Fsp3) is 0.154. The number of benzene rings is 3. The van der Waals surface area contributed by atoms with Crippen molar-refractivity contribution in [2.75, 3.05) is 13.2 Å². The molecular formula is C26H21N3O7. The van der Waals surface area contributed by atoms with E-state index in [1.807, 2.05) is 31.2 Å². The molecule has 1 unspecified atom stereocenters. The first-order valence-electron chi connectivity index (χ1n) is 10.9. The molecule has 1 heterocycles. The van der Waals surface area contributed by atoms with Gasteiger partial charge in [0.25, 0.3) is 0 Å². The number of allylic oxidation sites excluding steroid dienone is 1. The lowest BCUT2D eigenvalue weighted by Crippen LogP contribution is -2.21. The highest BCUT2D eigenvalue weighted by molar-refractivity contribution is 5.74. The molecule has 182 valence electrons. The predicted octanol–water partition coefficient (Wildman–Crippen LogP) is 4.20. The average Bonchev–Trinajstić information content (AvgIpc) is 2.87. The van der Waals surface area contributed by atoms with Gasteiger partial charge in [-0.1, -0.05) is 30.3 Å². The molecule has 10 nitrogen and oxygen atoms in total. The molecule has 1 aliphatic rings. The first-order chi connectivity index (χ1) is 17.4. The molecule has 1 aliphatic heterocycles. The summed E-state index contributed by atoms with van der Waals surface area (Å²) in [5.74, 6) is -0.164. The molecule has 36 heavy (non-hydrogen) atoms. The lowest BCUT2D eigenvalue weighted by molar-refractivity contribution is -0.385. The second-order valence-corrected chi connectivity index (χ2v) is 7.61. The molecule has 3 aromatic carbocycles. The maximum atomic E-state index is 12.3. The predicted molar refractivity (Wildman–Crippen MR) is 128 cm³/mol. The molecule has 0 aliphatic carbocycles.